The number of thioether (sulfide) groups is 1. The molecule has 2 heteroatoms. The Labute approximate surface area is 91.4 Å². The van der Waals surface area contributed by atoms with Crippen LogP contribution in [0.5, 0.6) is 0 Å². The molecule has 4 atom stereocenters. The molecule has 0 spiro atoms. The minimum Gasteiger partial charge on any atom is -0.310 e. The highest BCUT2D eigenvalue weighted by Crippen LogP contribution is 2.47. The highest BCUT2D eigenvalue weighted by Gasteiger charge is 2.43. The summed E-state index contributed by atoms with van der Waals surface area (Å²) in [7, 11) is 0. The first-order valence-electron chi connectivity index (χ1n) is 6.22. The zero-order chi connectivity index (χ0) is 9.54. The number of nitrogens with one attached hydrogen (secondary N) is 1. The lowest BCUT2D eigenvalue weighted by atomic mass is 9.76. The van der Waals surface area contributed by atoms with Crippen LogP contribution in [0.1, 0.15) is 39.0 Å². The Morgan fingerprint density at radius 2 is 1.86 bits per heavy atom. The minimum absolute atomic E-state index is 0.826. The summed E-state index contributed by atoms with van der Waals surface area (Å²) in [5.74, 6) is 3.55. The van der Waals surface area contributed by atoms with Crippen molar-refractivity contribution in [2.45, 2.75) is 56.4 Å². The largest absolute Gasteiger partial charge is 0.310 e. The van der Waals surface area contributed by atoms with Gasteiger partial charge in [-0.25, -0.2) is 0 Å². The van der Waals surface area contributed by atoms with Crippen LogP contribution >= 0.6 is 11.8 Å². The first-order chi connectivity index (χ1) is 6.84. The molecular weight excluding hydrogens is 190 g/mol. The molecule has 3 rings (SSSR count). The van der Waals surface area contributed by atoms with E-state index in [9.17, 15) is 0 Å². The molecule has 80 valence electrons. The summed E-state index contributed by atoms with van der Waals surface area (Å²) in [4.78, 5) is 0. The lowest BCUT2D eigenvalue weighted by Gasteiger charge is -2.40. The number of hydrogen-bond acceptors (Lipinski definition) is 2. The summed E-state index contributed by atoms with van der Waals surface area (Å²) in [6.07, 6.45) is 7.42. The van der Waals surface area contributed by atoms with E-state index < -0.39 is 0 Å². The number of hydrogen-bond donors (Lipinski definition) is 1. The molecule has 0 radical (unpaired) electrons. The van der Waals surface area contributed by atoms with E-state index in [4.69, 9.17) is 0 Å². The third-order valence-electron chi connectivity index (χ3n) is 4.36. The van der Waals surface area contributed by atoms with Gasteiger partial charge < -0.3 is 5.32 Å². The van der Waals surface area contributed by atoms with Gasteiger partial charge >= 0.3 is 0 Å². The average Bonchev–Trinajstić information content (AvgIpc) is 2.85. The highest BCUT2D eigenvalue weighted by molar-refractivity contribution is 8.00. The molecule has 1 nitrogen and oxygen atoms in total. The third kappa shape index (κ3) is 1.71. The van der Waals surface area contributed by atoms with E-state index in [0.717, 1.165) is 29.2 Å². The van der Waals surface area contributed by atoms with Gasteiger partial charge in [0.2, 0.25) is 0 Å². The summed E-state index contributed by atoms with van der Waals surface area (Å²) in [6, 6.07) is 1.72. The van der Waals surface area contributed by atoms with Crippen LogP contribution in [0.15, 0.2) is 0 Å². The highest BCUT2D eigenvalue weighted by atomic mass is 32.2. The Morgan fingerprint density at radius 3 is 2.36 bits per heavy atom. The van der Waals surface area contributed by atoms with Crippen LogP contribution in [0.3, 0.4) is 0 Å². The maximum atomic E-state index is 3.92. The van der Waals surface area contributed by atoms with Crippen molar-refractivity contribution in [3.63, 3.8) is 0 Å². The van der Waals surface area contributed by atoms with Gasteiger partial charge in [-0.2, -0.15) is 11.8 Å². The summed E-state index contributed by atoms with van der Waals surface area (Å²) in [5.41, 5.74) is 0. The van der Waals surface area contributed by atoms with Crippen LogP contribution < -0.4 is 5.32 Å². The quantitative estimate of drug-likeness (QED) is 0.770. The van der Waals surface area contributed by atoms with E-state index >= 15 is 0 Å². The van der Waals surface area contributed by atoms with E-state index in [1.807, 2.05) is 0 Å². The van der Waals surface area contributed by atoms with Crippen LogP contribution in [-0.2, 0) is 0 Å². The van der Waals surface area contributed by atoms with Gasteiger partial charge in [-0.1, -0.05) is 6.92 Å². The molecule has 4 unspecified atom stereocenters. The second-order valence-corrected chi connectivity index (χ2v) is 6.81. The van der Waals surface area contributed by atoms with Crippen LogP contribution in [0.25, 0.3) is 0 Å². The van der Waals surface area contributed by atoms with E-state index in [0.29, 0.717) is 0 Å². The fourth-order valence-corrected chi connectivity index (χ4v) is 4.26. The van der Waals surface area contributed by atoms with Crippen molar-refractivity contribution < 1.29 is 0 Å². The predicted molar refractivity (Wildman–Crippen MR) is 62.7 cm³/mol. The van der Waals surface area contributed by atoms with Gasteiger partial charge in [0, 0.05) is 17.3 Å². The van der Waals surface area contributed by atoms with Gasteiger partial charge in [0.15, 0.2) is 0 Å². The normalized spacial score (nSPS) is 47.8. The van der Waals surface area contributed by atoms with Gasteiger partial charge in [-0.15, -0.1) is 0 Å². The first kappa shape index (κ1) is 9.53. The molecule has 1 N–H and O–H groups in total. The topological polar surface area (TPSA) is 12.0 Å². The summed E-state index contributed by atoms with van der Waals surface area (Å²) < 4.78 is 0. The molecule has 3 aliphatic rings. The monoisotopic (exact) mass is 211 g/mol. The Hall–Kier alpha value is 0.310. The predicted octanol–water partition coefficient (Wildman–Crippen LogP) is 2.66. The third-order valence-corrected chi connectivity index (χ3v) is 5.69. The Bertz CT molecular complexity index is 214. The molecular formula is C12H21NS. The molecule has 1 aliphatic heterocycles. The van der Waals surface area contributed by atoms with Gasteiger partial charge in [0.05, 0.1) is 0 Å². The van der Waals surface area contributed by atoms with Gasteiger partial charge in [0.25, 0.3) is 0 Å². The molecule has 0 aromatic heterocycles. The molecule has 2 aliphatic carbocycles. The molecule has 1 saturated heterocycles. The van der Waals surface area contributed by atoms with Crippen molar-refractivity contribution in [1.29, 1.82) is 0 Å². The summed E-state index contributed by atoms with van der Waals surface area (Å²) >= 11 is 2.14. The summed E-state index contributed by atoms with van der Waals surface area (Å²) in [5, 5.41) is 4.77. The fourth-order valence-electron chi connectivity index (χ4n) is 3.05. The molecule has 0 bridgehead atoms. The van der Waals surface area contributed by atoms with Crippen molar-refractivity contribution in [2.75, 3.05) is 5.75 Å². The van der Waals surface area contributed by atoms with Crippen LogP contribution in [-0.4, -0.2) is 23.1 Å². The van der Waals surface area contributed by atoms with E-state index in [1.165, 1.54) is 37.9 Å². The SMILES string of the molecule is CC1SCCC1NC1CCC1C1CC1. The van der Waals surface area contributed by atoms with Crippen molar-refractivity contribution in [3.05, 3.63) is 0 Å². The van der Waals surface area contributed by atoms with Crippen molar-refractivity contribution in [1.82, 2.24) is 5.32 Å². The van der Waals surface area contributed by atoms with E-state index in [1.54, 1.807) is 0 Å². The zero-order valence-corrected chi connectivity index (χ0v) is 9.85. The average molecular weight is 211 g/mol. The summed E-state index contributed by atoms with van der Waals surface area (Å²) in [6.45, 7) is 2.39. The molecule has 1 heterocycles. The molecule has 0 amide bonds. The van der Waals surface area contributed by atoms with E-state index in [2.05, 4.69) is 24.0 Å². The Balaban J connectivity index is 1.51. The molecule has 0 aromatic carbocycles. The smallest absolute Gasteiger partial charge is 0.0194 e. The minimum atomic E-state index is 0.826. The maximum absolute atomic E-state index is 3.92. The lowest BCUT2D eigenvalue weighted by Crippen LogP contribution is -2.50. The molecule has 3 fully saturated rings. The van der Waals surface area contributed by atoms with Crippen molar-refractivity contribution >= 4 is 11.8 Å². The maximum Gasteiger partial charge on any atom is 0.0194 e. The van der Waals surface area contributed by atoms with Crippen molar-refractivity contribution in [3.8, 4) is 0 Å². The Kier molecular flexibility index (Phi) is 2.53. The number of rotatable bonds is 3. The lowest BCUT2D eigenvalue weighted by molar-refractivity contribution is 0.168. The van der Waals surface area contributed by atoms with Crippen LogP contribution in [0, 0.1) is 11.8 Å². The van der Waals surface area contributed by atoms with Crippen LogP contribution in [0.2, 0.25) is 0 Å². The first-order valence-corrected chi connectivity index (χ1v) is 7.27. The van der Waals surface area contributed by atoms with Gasteiger partial charge in [-0.05, 0) is 49.7 Å². The van der Waals surface area contributed by atoms with Crippen LogP contribution in [0.4, 0.5) is 0 Å². The van der Waals surface area contributed by atoms with E-state index in [-0.39, 0.29) is 0 Å². The molecule has 0 aromatic rings. The van der Waals surface area contributed by atoms with Gasteiger partial charge in [0.1, 0.15) is 0 Å². The van der Waals surface area contributed by atoms with Gasteiger partial charge in [-0.3, -0.25) is 0 Å². The standard InChI is InChI=1S/C12H21NS/c1-8-11(6-7-14-8)13-12-5-4-10(12)9-2-3-9/h8-13H,2-7H2,1H3. The second kappa shape index (κ2) is 3.71. The fraction of sp³-hybridized carbons (Fsp3) is 1.00. The second-order valence-electron chi connectivity index (χ2n) is 5.32. The van der Waals surface area contributed by atoms with Crippen molar-refractivity contribution in [2.24, 2.45) is 11.8 Å². The molecule has 14 heavy (non-hydrogen) atoms. The molecule has 2 saturated carbocycles. The zero-order valence-electron chi connectivity index (χ0n) is 9.04. The Morgan fingerprint density at radius 1 is 1.00 bits per heavy atom.